The van der Waals surface area contributed by atoms with Crippen LogP contribution in [-0.4, -0.2) is 17.4 Å². The van der Waals surface area contributed by atoms with E-state index in [9.17, 15) is 9.59 Å². The van der Waals surface area contributed by atoms with Crippen LogP contribution in [0.1, 0.15) is 6.42 Å². The summed E-state index contributed by atoms with van der Waals surface area (Å²) in [5.74, 6) is -1.81. The molecular formula is C6H7O3. The van der Waals surface area contributed by atoms with E-state index >= 15 is 0 Å². The van der Waals surface area contributed by atoms with Gasteiger partial charge in [0.15, 0.2) is 6.29 Å². The Morgan fingerprint density at radius 2 is 2.44 bits per heavy atom. The van der Waals surface area contributed by atoms with Crippen molar-refractivity contribution < 1.29 is 14.7 Å². The van der Waals surface area contributed by atoms with Gasteiger partial charge in [-0.1, -0.05) is 6.08 Å². The first kappa shape index (κ1) is 7.88. The smallest absolute Gasteiger partial charge is 0.310 e. The molecule has 1 atom stereocenters. The quantitative estimate of drug-likeness (QED) is 0.555. The summed E-state index contributed by atoms with van der Waals surface area (Å²) in [6.07, 6.45) is 2.60. The number of aliphatic carboxylic acids is 1. The predicted molar refractivity (Wildman–Crippen MR) is 31.6 cm³/mol. The molecule has 0 aromatic rings. The van der Waals surface area contributed by atoms with E-state index in [1.54, 1.807) is 0 Å². The first-order valence-corrected chi connectivity index (χ1v) is 2.42. The van der Waals surface area contributed by atoms with Crippen LogP contribution in [0.2, 0.25) is 0 Å². The maximum atomic E-state index is 10.1. The fraction of sp³-hybridized carbons (Fsp3) is 0.333. The zero-order chi connectivity index (χ0) is 7.28. The highest BCUT2D eigenvalue weighted by Crippen LogP contribution is 2.00. The highest BCUT2D eigenvalue weighted by Gasteiger charge is 2.11. The lowest BCUT2D eigenvalue weighted by molar-refractivity contribution is -0.139. The SMILES string of the molecule is C=CC(C[C]=O)C(=O)O. The zero-order valence-corrected chi connectivity index (χ0v) is 4.83. The summed E-state index contributed by atoms with van der Waals surface area (Å²) < 4.78 is 0. The van der Waals surface area contributed by atoms with Crippen molar-refractivity contribution in [3.8, 4) is 0 Å². The van der Waals surface area contributed by atoms with Gasteiger partial charge in [-0.25, -0.2) is 0 Å². The third-order valence-corrected chi connectivity index (χ3v) is 0.905. The molecule has 0 saturated heterocycles. The second-order valence-electron chi connectivity index (χ2n) is 1.53. The summed E-state index contributed by atoms with van der Waals surface area (Å²) in [5, 5.41) is 8.25. The zero-order valence-electron chi connectivity index (χ0n) is 4.83. The van der Waals surface area contributed by atoms with Crippen LogP contribution >= 0.6 is 0 Å². The highest BCUT2D eigenvalue weighted by atomic mass is 16.4. The lowest BCUT2D eigenvalue weighted by atomic mass is 10.1. The Morgan fingerprint density at radius 1 is 1.89 bits per heavy atom. The van der Waals surface area contributed by atoms with Gasteiger partial charge in [-0.2, -0.15) is 0 Å². The Labute approximate surface area is 53.0 Å². The maximum absolute atomic E-state index is 10.1. The van der Waals surface area contributed by atoms with Gasteiger partial charge in [-0.15, -0.1) is 6.58 Å². The molecule has 0 heterocycles. The third-order valence-electron chi connectivity index (χ3n) is 0.905. The van der Waals surface area contributed by atoms with Crippen molar-refractivity contribution in [2.45, 2.75) is 6.42 Å². The Balaban J connectivity index is 3.81. The summed E-state index contributed by atoms with van der Waals surface area (Å²) in [5.41, 5.74) is 0. The van der Waals surface area contributed by atoms with Gasteiger partial charge < -0.3 is 5.11 Å². The lowest BCUT2D eigenvalue weighted by Gasteiger charge is -1.97. The number of carbonyl (C=O) groups excluding carboxylic acids is 1. The summed E-state index contributed by atoms with van der Waals surface area (Å²) >= 11 is 0. The van der Waals surface area contributed by atoms with Crippen LogP contribution in [0, 0.1) is 5.92 Å². The molecule has 0 aliphatic carbocycles. The van der Waals surface area contributed by atoms with Gasteiger partial charge in [0.05, 0.1) is 5.92 Å². The predicted octanol–water partition coefficient (Wildman–Crippen LogP) is 0.373. The molecule has 9 heavy (non-hydrogen) atoms. The lowest BCUT2D eigenvalue weighted by Crippen LogP contribution is -2.10. The minimum Gasteiger partial charge on any atom is -0.481 e. The van der Waals surface area contributed by atoms with Crippen LogP contribution < -0.4 is 0 Å². The highest BCUT2D eigenvalue weighted by molar-refractivity contribution is 5.75. The van der Waals surface area contributed by atoms with Crippen molar-refractivity contribution >= 4 is 12.3 Å². The number of carboxylic acids is 1. The minimum atomic E-state index is -1.03. The van der Waals surface area contributed by atoms with Gasteiger partial charge >= 0.3 is 5.97 Å². The van der Waals surface area contributed by atoms with E-state index in [-0.39, 0.29) is 6.42 Å². The molecule has 1 unspecified atom stereocenters. The fourth-order valence-corrected chi connectivity index (χ4v) is 0.361. The first-order valence-electron chi connectivity index (χ1n) is 2.42. The fourth-order valence-electron chi connectivity index (χ4n) is 0.361. The molecule has 1 N–H and O–H groups in total. The van der Waals surface area contributed by atoms with E-state index in [2.05, 4.69) is 6.58 Å². The molecule has 0 aliphatic rings. The van der Waals surface area contributed by atoms with Crippen molar-refractivity contribution in [2.24, 2.45) is 5.92 Å². The Hall–Kier alpha value is -1.12. The Morgan fingerprint density at radius 3 is 2.56 bits per heavy atom. The molecule has 0 spiro atoms. The Kier molecular flexibility index (Phi) is 3.35. The van der Waals surface area contributed by atoms with Crippen LogP contribution in [0.25, 0.3) is 0 Å². The van der Waals surface area contributed by atoms with Crippen molar-refractivity contribution in [1.82, 2.24) is 0 Å². The third kappa shape index (κ3) is 2.64. The molecule has 0 aromatic heterocycles. The van der Waals surface area contributed by atoms with Crippen LogP contribution in [0.5, 0.6) is 0 Å². The standard InChI is InChI=1S/C6H7O3/c1-2-5(3-4-7)6(8)9/h2,5H,1,3H2,(H,8,9). The molecule has 1 radical (unpaired) electrons. The second-order valence-corrected chi connectivity index (χ2v) is 1.53. The van der Waals surface area contributed by atoms with Crippen LogP contribution in [0.4, 0.5) is 0 Å². The molecular weight excluding hydrogens is 120 g/mol. The first-order chi connectivity index (χ1) is 4.22. The van der Waals surface area contributed by atoms with Crippen molar-refractivity contribution in [3.63, 3.8) is 0 Å². The summed E-state index contributed by atoms with van der Waals surface area (Å²) in [4.78, 5) is 19.7. The van der Waals surface area contributed by atoms with Gasteiger partial charge in [0.2, 0.25) is 0 Å². The minimum absolute atomic E-state index is 0.112. The average Bonchev–Trinajstić information content (AvgIpc) is 1.82. The van der Waals surface area contributed by atoms with E-state index in [1.807, 2.05) is 0 Å². The molecule has 0 rings (SSSR count). The van der Waals surface area contributed by atoms with E-state index in [1.165, 1.54) is 12.4 Å². The van der Waals surface area contributed by atoms with Gasteiger partial charge in [0.1, 0.15) is 0 Å². The normalized spacial score (nSPS) is 12.0. The van der Waals surface area contributed by atoms with Gasteiger partial charge in [0, 0.05) is 6.42 Å². The van der Waals surface area contributed by atoms with Gasteiger partial charge in [0.25, 0.3) is 0 Å². The second kappa shape index (κ2) is 3.83. The van der Waals surface area contributed by atoms with E-state index in [0.717, 1.165) is 0 Å². The van der Waals surface area contributed by atoms with Crippen LogP contribution in [0.15, 0.2) is 12.7 Å². The Bertz CT molecular complexity index is 128. The van der Waals surface area contributed by atoms with E-state index < -0.39 is 11.9 Å². The molecule has 0 bridgehead atoms. The number of carboxylic acid groups (broad SMARTS) is 1. The number of hydrogen-bond acceptors (Lipinski definition) is 2. The molecule has 0 aliphatic heterocycles. The molecule has 0 saturated carbocycles. The summed E-state index contributed by atoms with van der Waals surface area (Å²) in [6.45, 7) is 3.24. The topological polar surface area (TPSA) is 54.4 Å². The van der Waals surface area contributed by atoms with Gasteiger partial charge in [-0.3, -0.25) is 9.59 Å². The molecule has 0 amide bonds. The molecule has 49 valence electrons. The monoisotopic (exact) mass is 127 g/mol. The summed E-state index contributed by atoms with van der Waals surface area (Å²) in [6, 6.07) is 0. The maximum Gasteiger partial charge on any atom is 0.310 e. The van der Waals surface area contributed by atoms with Crippen LogP contribution in [0.3, 0.4) is 0 Å². The molecule has 0 fully saturated rings. The molecule has 3 heteroatoms. The molecule has 3 nitrogen and oxygen atoms in total. The molecule has 0 aromatic carbocycles. The van der Waals surface area contributed by atoms with Crippen LogP contribution in [-0.2, 0) is 9.59 Å². The number of hydrogen-bond donors (Lipinski definition) is 1. The number of rotatable bonds is 4. The number of carbonyl (C=O) groups is 1. The average molecular weight is 127 g/mol. The van der Waals surface area contributed by atoms with Crippen molar-refractivity contribution in [2.75, 3.05) is 0 Å². The van der Waals surface area contributed by atoms with E-state index in [4.69, 9.17) is 5.11 Å². The van der Waals surface area contributed by atoms with Crippen molar-refractivity contribution in [1.29, 1.82) is 0 Å². The largest absolute Gasteiger partial charge is 0.481 e. The summed E-state index contributed by atoms with van der Waals surface area (Å²) in [7, 11) is 0. The van der Waals surface area contributed by atoms with Gasteiger partial charge in [-0.05, 0) is 0 Å². The van der Waals surface area contributed by atoms with Crippen molar-refractivity contribution in [3.05, 3.63) is 12.7 Å². The van der Waals surface area contributed by atoms with E-state index in [0.29, 0.717) is 0 Å².